The molecule has 0 bridgehead atoms. The van der Waals surface area contributed by atoms with Crippen LogP contribution in [0.15, 0.2) is 65.8 Å². The van der Waals surface area contributed by atoms with Crippen LogP contribution in [0.2, 0.25) is 0 Å². The van der Waals surface area contributed by atoms with Gasteiger partial charge in [0.2, 0.25) is 5.91 Å². The minimum Gasteiger partial charge on any atom is -0.497 e. The van der Waals surface area contributed by atoms with Crippen LogP contribution in [0.25, 0.3) is 5.69 Å². The van der Waals surface area contributed by atoms with E-state index in [4.69, 9.17) is 9.47 Å². The smallest absolute Gasteiger partial charge is 0.251 e. The van der Waals surface area contributed by atoms with Crippen molar-refractivity contribution >= 4 is 29.3 Å². The molecule has 4 aromatic rings. The molecular weight excluding hydrogens is 514 g/mol. The number of thioether (sulfide) groups is 1. The third-order valence-electron chi connectivity index (χ3n) is 5.98. The lowest BCUT2D eigenvalue weighted by molar-refractivity contribution is -0.113. The number of ether oxygens (including phenoxy) is 2. The molecule has 2 N–H and O–H groups in total. The zero-order chi connectivity index (χ0) is 27.9. The van der Waals surface area contributed by atoms with E-state index in [1.165, 1.54) is 26.0 Å². The van der Waals surface area contributed by atoms with Crippen molar-refractivity contribution in [2.45, 2.75) is 32.5 Å². The van der Waals surface area contributed by atoms with Crippen molar-refractivity contribution in [1.29, 1.82) is 0 Å². The minimum absolute atomic E-state index is 0.120. The summed E-state index contributed by atoms with van der Waals surface area (Å²) in [4.78, 5) is 25.7. The Kier molecular flexibility index (Phi) is 8.88. The second kappa shape index (κ2) is 12.5. The molecule has 1 aromatic heterocycles. The van der Waals surface area contributed by atoms with Crippen LogP contribution in [0.4, 0.5) is 5.69 Å². The monoisotopic (exact) mass is 545 g/mol. The summed E-state index contributed by atoms with van der Waals surface area (Å²) in [5.74, 6) is 1.25. The Labute approximate surface area is 231 Å². The van der Waals surface area contributed by atoms with Crippen LogP contribution >= 0.6 is 11.8 Å². The first-order valence-electron chi connectivity index (χ1n) is 12.3. The van der Waals surface area contributed by atoms with E-state index in [2.05, 4.69) is 20.8 Å². The minimum atomic E-state index is -0.312. The first-order chi connectivity index (χ1) is 18.8. The van der Waals surface area contributed by atoms with Crippen molar-refractivity contribution in [3.63, 3.8) is 0 Å². The first-order valence-corrected chi connectivity index (χ1v) is 13.3. The fourth-order valence-corrected chi connectivity index (χ4v) is 4.69. The van der Waals surface area contributed by atoms with E-state index in [1.807, 2.05) is 67.8 Å². The lowest BCUT2D eigenvalue weighted by Crippen LogP contribution is -2.24. The number of nitrogens with zero attached hydrogens (tertiary/aromatic N) is 3. The summed E-state index contributed by atoms with van der Waals surface area (Å²) >= 11 is 1.28. The van der Waals surface area contributed by atoms with E-state index in [9.17, 15) is 9.59 Å². The predicted molar refractivity (Wildman–Crippen MR) is 152 cm³/mol. The zero-order valence-corrected chi connectivity index (χ0v) is 23.4. The summed E-state index contributed by atoms with van der Waals surface area (Å²) in [7, 11) is 3.06. The molecule has 0 aliphatic heterocycles. The number of nitrogens with one attached hydrogen (secondary N) is 2. The van der Waals surface area contributed by atoms with Crippen LogP contribution in [0.3, 0.4) is 0 Å². The summed E-state index contributed by atoms with van der Waals surface area (Å²) < 4.78 is 12.4. The third kappa shape index (κ3) is 6.97. The first kappa shape index (κ1) is 27.7. The second-order valence-corrected chi connectivity index (χ2v) is 9.95. The maximum absolute atomic E-state index is 13.0. The molecule has 39 heavy (non-hydrogen) atoms. The van der Waals surface area contributed by atoms with Gasteiger partial charge in [-0.25, -0.2) is 0 Å². The molecule has 0 unspecified atom stereocenters. The van der Waals surface area contributed by atoms with Gasteiger partial charge >= 0.3 is 0 Å². The van der Waals surface area contributed by atoms with Crippen molar-refractivity contribution in [2.24, 2.45) is 0 Å². The van der Waals surface area contributed by atoms with E-state index in [1.54, 1.807) is 18.2 Å². The highest BCUT2D eigenvalue weighted by molar-refractivity contribution is 7.99. The number of hydrogen-bond acceptors (Lipinski definition) is 7. The molecule has 10 heteroatoms. The Morgan fingerprint density at radius 2 is 1.62 bits per heavy atom. The van der Waals surface area contributed by atoms with Gasteiger partial charge in [0.1, 0.15) is 11.5 Å². The third-order valence-corrected chi connectivity index (χ3v) is 6.91. The highest BCUT2D eigenvalue weighted by Gasteiger charge is 2.18. The summed E-state index contributed by atoms with van der Waals surface area (Å²) in [6, 6.07) is 18.8. The quantitative estimate of drug-likeness (QED) is 0.274. The second-order valence-electron chi connectivity index (χ2n) is 9.01. The Morgan fingerprint density at radius 1 is 0.897 bits per heavy atom. The van der Waals surface area contributed by atoms with Crippen molar-refractivity contribution in [3.05, 3.63) is 88.7 Å². The van der Waals surface area contributed by atoms with Crippen LogP contribution in [0, 0.1) is 20.8 Å². The Hall–Kier alpha value is -4.31. The van der Waals surface area contributed by atoms with Gasteiger partial charge in [-0.3, -0.25) is 14.2 Å². The number of aromatic nitrogens is 3. The van der Waals surface area contributed by atoms with Crippen LogP contribution in [0.5, 0.6) is 11.5 Å². The molecular formula is C29H31N5O4S. The molecule has 0 atom stereocenters. The van der Waals surface area contributed by atoms with E-state index < -0.39 is 0 Å². The molecule has 9 nitrogen and oxygen atoms in total. The topological polar surface area (TPSA) is 107 Å². The lowest BCUT2D eigenvalue weighted by Gasteiger charge is -2.13. The van der Waals surface area contributed by atoms with Crippen LogP contribution in [-0.2, 0) is 11.3 Å². The summed E-state index contributed by atoms with van der Waals surface area (Å²) in [6.07, 6.45) is 0. The van der Waals surface area contributed by atoms with Crippen LogP contribution < -0.4 is 20.1 Å². The number of amides is 2. The van der Waals surface area contributed by atoms with Crippen LogP contribution in [-0.4, -0.2) is 46.6 Å². The molecule has 0 fully saturated rings. The van der Waals surface area contributed by atoms with Crippen molar-refractivity contribution in [1.82, 2.24) is 20.1 Å². The van der Waals surface area contributed by atoms with Crippen molar-refractivity contribution in [2.75, 3.05) is 25.3 Å². The molecule has 1 heterocycles. The molecule has 0 saturated heterocycles. The molecule has 3 aromatic carbocycles. The Morgan fingerprint density at radius 3 is 2.31 bits per heavy atom. The average molecular weight is 546 g/mol. The number of benzene rings is 3. The molecule has 2 amide bonds. The maximum atomic E-state index is 13.0. The number of anilines is 1. The van der Waals surface area contributed by atoms with Gasteiger partial charge < -0.3 is 20.1 Å². The number of aryl methyl sites for hydroxylation is 3. The molecule has 0 radical (unpaired) electrons. The Balaban J connectivity index is 1.53. The van der Waals surface area contributed by atoms with E-state index in [-0.39, 0.29) is 24.1 Å². The fraction of sp³-hybridized carbons (Fsp3) is 0.241. The SMILES string of the molecule is COc1cc(OC)cc(C(=O)NCc2nnc(SCC(=O)Nc3cc(C)ccc3C)n2-c2cccc(C)c2)c1. The van der Waals surface area contributed by atoms with Gasteiger partial charge in [-0.05, 0) is 67.8 Å². The van der Waals surface area contributed by atoms with Gasteiger partial charge in [-0.15, -0.1) is 10.2 Å². The van der Waals surface area contributed by atoms with Gasteiger partial charge in [0.15, 0.2) is 11.0 Å². The normalized spacial score (nSPS) is 10.7. The predicted octanol–water partition coefficient (Wildman–Crippen LogP) is 4.87. The van der Waals surface area contributed by atoms with Gasteiger partial charge in [0, 0.05) is 23.0 Å². The number of hydrogen-bond donors (Lipinski definition) is 2. The summed E-state index contributed by atoms with van der Waals surface area (Å²) in [5, 5.41) is 15.1. The maximum Gasteiger partial charge on any atom is 0.251 e. The number of carbonyl (C=O) groups is 2. The van der Waals surface area contributed by atoms with Gasteiger partial charge in [0.05, 0.1) is 26.5 Å². The zero-order valence-electron chi connectivity index (χ0n) is 22.6. The number of rotatable bonds is 10. The highest BCUT2D eigenvalue weighted by atomic mass is 32.2. The average Bonchev–Trinajstić information content (AvgIpc) is 3.35. The molecule has 0 saturated carbocycles. The lowest BCUT2D eigenvalue weighted by atomic mass is 10.1. The molecule has 0 aliphatic carbocycles. The van der Waals surface area contributed by atoms with Gasteiger partial charge in [0.25, 0.3) is 5.91 Å². The van der Waals surface area contributed by atoms with Crippen molar-refractivity contribution in [3.8, 4) is 17.2 Å². The molecule has 0 spiro atoms. The molecule has 202 valence electrons. The van der Waals surface area contributed by atoms with Crippen LogP contribution in [0.1, 0.15) is 32.9 Å². The Bertz CT molecular complexity index is 1480. The van der Waals surface area contributed by atoms with E-state index in [0.29, 0.717) is 28.0 Å². The van der Waals surface area contributed by atoms with Gasteiger partial charge in [-0.1, -0.05) is 36.0 Å². The number of methoxy groups -OCH3 is 2. The standard InChI is InChI=1S/C29H31N5O4S/c1-18-7-6-8-22(11-18)34-26(16-30-28(36)21-13-23(37-4)15-24(14-21)38-5)32-33-29(34)39-17-27(35)31-25-12-19(2)9-10-20(25)3/h6-15H,16-17H2,1-5H3,(H,30,36)(H,31,35). The summed E-state index contributed by atoms with van der Waals surface area (Å²) in [5.41, 5.74) is 5.15. The van der Waals surface area contributed by atoms with E-state index >= 15 is 0 Å². The molecule has 0 aliphatic rings. The van der Waals surface area contributed by atoms with E-state index in [0.717, 1.165) is 28.1 Å². The summed E-state index contributed by atoms with van der Waals surface area (Å²) in [6.45, 7) is 6.06. The van der Waals surface area contributed by atoms with Gasteiger partial charge in [-0.2, -0.15) is 0 Å². The van der Waals surface area contributed by atoms with Crippen molar-refractivity contribution < 1.29 is 19.1 Å². The number of carbonyl (C=O) groups excluding carboxylic acids is 2. The molecule has 4 rings (SSSR count). The largest absolute Gasteiger partial charge is 0.497 e. The highest BCUT2D eigenvalue weighted by Crippen LogP contribution is 2.25. The fourth-order valence-electron chi connectivity index (χ4n) is 3.92.